The second kappa shape index (κ2) is 62.0. The van der Waals surface area contributed by atoms with Crippen molar-refractivity contribution in [3.8, 4) is 0 Å². The van der Waals surface area contributed by atoms with Crippen LogP contribution in [0.3, 0.4) is 0 Å². The van der Waals surface area contributed by atoms with Crippen LogP contribution in [0.4, 0.5) is 0 Å². The van der Waals surface area contributed by atoms with Crippen molar-refractivity contribution in [2.75, 3.05) is 132 Å². The van der Waals surface area contributed by atoms with Gasteiger partial charge in [-0.2, -0.15) is 21.5 Å². The second-order valence-electron chi connectivity index (χ2n) is 32.1. The van der Waals surface area contributed by atoms with Crippen molar-refractivity contribution in [2.24, 2.45) is 0 Å². The molecule has 2 saturated heterocycles. The fourth-order valence-corrected chi connectivity index (χ4v) is 52.7. The Kier molecular flexibility index (Phi) is 78.3. The zero-order valence-corrected chi connectivity index (χ0v) is 92.7. The van der Waals surface area contributed by atoms with Crippen LogP contribution in [0.1, 0.15) is 0 Å². The summed E-state index contributed by atoms with van der Waals surface area (Å²) >= 11 is 0. The van der Waals surface area contributed by atoms with Crippen molar-refractivity contribution >= 4 is 98.8 Å². The molecule has 0 atom stereocenters. The van der Waals surface area contributed by atoms with E-state index in [0.29, 0.717) is 132 Å². The molecule has 2 aliphatic rings. The minimum atomic E-state index is -1.98. The molecule has 2 heterocycles. The molecule has 2 aliphatic heterocycles. The van der Waals surface area contributed by atoms with Crippen LogP contribution in [-0.2, 0) is 47.4 Å². The summed E-state index contributed by atoms with van der Waals surface area (Å²) in [5.74, 6) is 0. The van der Waals surface area contributed by atoms with E-state index in [1.807, 2.05) is 52.4 Å². The van der Waals surface area contributed by atoms with Crippen LogP contribution in [-0.4, -0.2) is 231 Å². The Hall–Kier alpha value is 4.23. The van der Waals surface area contributed by atoms with Gasteiger partial charge in [0, 0.05) is 0 Å². The second-order valence-corrected chi connectivity index (χ2v) is 86.9. The van der Waals surface area contributed by atoms with E-state index < -0.39 is 98.8 Å². The predicted molar refractivity (Wildman–Crippen MR) is 422 cm³/mol. The van der Waals surface area contributed by atoms with Crippen LogP contribution < -0.4 is 79.5 Å². The third kappa shape index (κ3) is 105. The van der Waals surface area contributed by atoms with Gasteiger partial charge in [-0.15, -0.1) is 26.3 Å². The molecule has 2 fully saturated rings. The molecular weight excluding hydrogens is 1890 g/mol. The summed E-state index contributed by atoms with van der Waals surface area (Å²) in [6.45, 7) is 95.0. The molecule has 96 heavy (non-hydrogen) atoms. The standard InChI is InChI=1S/2C10H20O5.4C7H18NOSi2.2C6H18NSi2.2Na.2U/c2*1-2-12-5-6-14-9-10-15-8-7-13-4-3-11-1;4*1-7(9)11(5,6)8-10(2,3)4;2*1-8(2,3)7-9(4,5)6;;;;/h2*1-10H2;4*9H,1H2,2-6H3;2*1-6H3;;;;/q;;6*-1;2*+1;2*+4/p-4. The average molecular weight is 2030 g/mol. The Morgan fingerprint density at radius 2 is 0.271 bits per heavy atom. The third-order valence-corrected chi connectivity index (χ3v) is 46.1. The Morgan fingerprint density at radius 3 is 0.302 bits per heavy atom. The van der Waals surface area contributed by atoms with Gasteiger partial charge in [-0.1, -0.05) is 308 Å². The van der Waals surface area contributed by atoms with Crippen LogP contribution >= 0.6 is 0 Å². The largest absolute Gasteiger partial charge is 4.00 e. The van der Waals surface area contributed by atoms with E-state index in [4.69, 9.17) is 56.7 Å². The maximum absolute atomic E-state index is 11.0. The normalized spacial score (nSPS) is 16.2. The van der Waals surface area contributed by atoms with Crippen molar-refractivity contribution in [1.29, 1.82) is 0 Å². The number of nitrogens with zero attached hydrogens (tertiary/aromatic N) is 6. The zero-order chi connectivity index (χ0) is 73.8. The molecular formula is C60H144N6Na2O14Si12U2. The molecule has 0 saturated carbocycles. The molecule has 2 rings (SSSR count). The molecule has 0 aromatic heterocycles. The minimum Gasteiger partial charge on any atom is -0.880 e. The van der Waals surface area contributed by atoms with Crippen LogP contribution in [0.5, 0.6) is 0 Å². The van der Waals surface area contributed by atoms with Gasteiger partial charge in [-0.3, -0.25) is 0 Å². The maximum Gasteiger partial charge on any atom is 4.00 e. The van der Waals surface area contributed by atoms with Crippen LogP contribution in [0.25, 0.3) is 27.9 Å². The Bertz CT molecular complexity index is 1560. The van der Waals surface area contributed by atoms with Crippen molar-refractivity contribution in [2.45, 2.75) is 210 Å². The molecule has 0 bridgehead atoms. The van der Waals surface area contributed by atoms with Crippen molar-refractivity contribution in [3.05, 3.63) is 75.7 Å². The van der Waals surface area contributed by atoms with Gasteiger partial charge >= 0.3 is 121 Å². The van der Waals surface area contributed by atoms with Crippen LogP contribution in [0.2, 0.25) is 210 Å². The van der Waals surface area contributed by atoms with Crippen molar-refractivity contribution < 1.29 is 189 Å². The predicted octanol–water partition coefficient (Wildman–Crippen LogP) is 7.49. The zero-order valence-electron chi connectivity index (χ0n) is 68.4. The van der Waals surface area contributed by atoms with Gasteiger partial charge in [0.05, 0.1) is 132 Å². The number of rotatable bonds is 16. The van der Waals surface area contributed by atoms with Gasteiger partial charge < -0.3 is 95.7 Å². The molecule has 0 N–H and O–H groups in total. The molecule has 0 aromatic carbocycles. The summed E-state index contributed by atoms with van der Waals surface area (Å²) in [5.41, 5.74) is 0. The van der Waals surface area contributed by atoms with Crippen molar-refractivity contribution in [1.82, 2.24) is 0 Å². The van der Waals surface area contributed by atoms with Crippen LogP contribution in [0.15, 0.2) is 47.8 Å². The minimum absolute atomic E-state index is 0. The van der Waals surface area contributed by atoms with E-state index in [9.17, 15) is 20.4 Å². The van der Waals surface area contributed by atoms with Gasteiger partial charge in [0.15, 0.2) is 0 Å². The molecule has 0 aromatic rings. The van der Waals surface area contributed by atoms with E-state index >= 15 is 0 Å². The molecule has 556 valence electrons. The SMILES string of the molecule is C1COCCOCCOCCOCCO1.C1COCCOCCOCCOCCO1.C=C([O-])[Si](C)(C)[N-][Si](C)(C)C.C=C([O-])[Si](C)(C)[N-][Si](C)(C)C.C=C([O-])[Si](C)(C)[N-][Si](C)(C)C.C=C([O-])[Si](C)(C)[N-][Si](C)(C)C.C[Si](C)(C)[N-][Si](C)(C)C.C[Si](C)(C)[N-][Si](C)(C)C.[Na+].[Na+].[U+4].[U+4]. The molecule has 0 spiro atoms. The number of ether oxygens (including phenoxy) is 10. The van der Waals surface area contributed by atoms with Gasteiger partial charge in [0.25, 0.3) is 0 Å². The summed E-state index contributed by atoms with van der Waals surface area (Å²) in [6, 6.07) is 0. The first-order valence-corrected chi connectivity index (χ1v) is 72.1. The smallest absolute Gasteiger partial charge is 0.880 e. The molecule has 0 amide bonds. The Morgan fingerprint density at radius 1 is 0.198 bits per heavy atom. The van der Waals surface area contributed by atoms with Gasteiger partial charge in [0.1, 0.15) is 0 Å². The van der Waals surface area contributed by atoms with E-state index in [1.54, 1.807) is 0 Å². The fourth-order valence-electron chi connectivity index (χ4n) is 7.82. The summed E-state index contributed by atoms with van der Waals surface area (Å²) < 4.78 is 80.8. The molecule has 0 aliphatic carbocycles. The maximum atomic E-state index is 11.0. The van der Waals surface area contributed by atoms with E-state index in [0.717, 1.165) is 0 Å². The van der Waals surface area contributed by atoms with Gasteiger partial charge in [0.2, 0.25) is 0 Å². The Balaban J connectivity index is -0.000000110. The first-order valence-electron chi connectivity index (χ1n) is 32.7. The molecule has 36 heteroatoms. The average Bonchev–Trinajstić information content (AvgIpc) is 1.23. The first kappa shape index (κ1) is 121. The third-order valence-electron chi connectivity index (χ3n) is 10.3. The molecule has 0 radical (unpaired) electrons. The first-order chi connectivity index (χ1) is 41.0. The summed E-state index contributed by atoms with van der Waals surface area (Å²) in [5, 5.41) is 44.3. The van der Waals surface area contributed by atoms with Crippen LogP contribution in [0, 0.1) is 62.2 Å². The molecule has 0 unspecified atom stereocenters. The van der Waals surface area contributed by atoms with E-state index in [2.05, 4.69) is 202 Å². The molecule has 20 nitrogen and oxygen atoms in total. The monoisotopic (exact) mass is 2030 g/mol. The Labute approximate surface area is 696 Å². The number of hydrogen-bond acceptors (Lipinski definition) is 14. The summed E-state index contributed by atoms with van der Waals surface area (Å²) in [4.78, 5) is 0. The quantitative estimate of drug-likeness (QED) is 0.107. The van der Waals surface area contributed by atoms with Gasteiger partial charge in [-0.25, -0.2) is 0 Å². The van der Waals surface area contributed by atoms with Crippen molar-refractivity contribution in [3.63, 3.8) is 0 Å². The van der Waals surface area contributed by atoms with E-state index in [-0.39, 0.29) is 143 Å². The number of hydrogen-bond donors (Lipinski definition) is 0. The fraction of sp³-hybridized carbons (Fsp3) is 0.867. The van der Waals surface area contributed by atoms with Gasteiger partial charge in [-0.05, 0) is 0 Å². The topological polar surface area (TPSA) is 269 Å². The summed E-state index contributed by atoms with van der Waals surface area (Å²) in [6.07, 6.45) is 0. The van der Waals surface area contributed by atoms with E-state index in [1.165, 1.54) is 0 Å². The summed E-state index contributed by atoms with van der Waals surface area (Å²) in [7, 11) is -18.1.